The zero-order chi connectivity index (χ0) is 20.6. The highest BCUT2D eigenvalue weighted by Crippen LogP contribution is 2.32. The van der Waals surface area contributed by atoms with Crippen LogP contribution in [0.4, 0.5) is 17.6 Å². The first-order valence-corrected chi connectivity index (χ1v) is 7.81. The molecule has 0 aliphatic carbocycles. The molecular formula is C16H9ClF4N4O3. The van der Waals surface area contributed by atoms with Gasteiger partial charge in [-0.25, -0.2) is 23.7 Å². The van der Waals surface area contributed by atoms with Crippen LogP contribution in [0.1, 0.15) is 5.69 Å². The van der Waals surface area contributed by atoms with Gasteiger partial charge >= 0.3 is 11.9 Å². The van der Waals surface area contributed by atoms with Gasteiger partial charge in [0.15, 0.2) is 0 Å². The SMILES string of the molecule is Cn1c(C(F)(F)F)cc(=O)n(-c2cc(Oc3ccncn3)c(Cl)cc2F)c1=O. The van der Waals surface area contributed by atoms with E-state index in [9.17, 15) is 27.2 Å². The molecule has 0 saturated carbocycles. The maximum atomic E-state index is 14.4. The van der Waals surface area contributed by atoms with E-state index in [-0.39, 0.29) is 31.9 Å². The molecule has 0 saturated heterocycles. The fraction of sp³-hybridized carbons (Fsp3) is 0.125. The summed E-state index contributed by atoms with van der Waals surface area (Å²) in [6.45, 7) is 0. The van der Waals surface area contributed by atoms with Crippen LogP contribution in [0.3, 0.4) is 0 Å². The van der Waals surface area contributed by atoms with Crippen LogP contribution < -0.4 is 16.0 Å². The summed E-state index contributed by atoms with van der Waals surface area (Å²) in [7, 11) is 0.813. The van der Waals surface area contributed by atoms with Crippen molar-refractivity contribution < 1.29 is 22.3 Å². The minimum Gasteiger partial charge on any atom is -0.437 e. The summed E-state index contributed by atoms with van der Waals surface area (Å²) in [4.78, 5) is 32.0. The van der Waals surface area contributed by atoms with Crippen LogP contribution in [0, 0.1) is 5.82 Å². The number of hydrogen-bond donors (Lipinski definition) is 0. The molecule has 0 atom stereocenters. The van der Waals surface area contributed by atoms with E-state index in [2.05, 4.69) is 9.97 Å². The van der Waals surface area contributed by atoms with Crippen molar-refractivity contribution in [2.45, 2.75) is 6.18 Å². The molecule has 146 valence electrons. The lowest BCUT2D eigenvalue weighted by Crippen LogP contribution is -2.41. The molecule has 0 bridgehead atoms. The van der Waals surface area contributed by atoms with Crippen molar-refractivity contribution >= 4 is 11.6 Å². The molecule has 2 aromatic heterocycles. The molecule has 0 radical (unpaired) electrons. The Morgan fingerprint density at radius 2 is 1.89 bits per heavy atom. The van der Waals surface area contributed by atoms with Crippen molar-refractivity contribution in [3.05, 3.63) is 74.2 Å². The summed E-state index contributed by atoms with van der Waals surface area (Å²) >= 11 is 5.91. The van der Waals surface area contributed by atoms with Gasteiger partial charge in [0, 0.05) is 31.4 Å². The van der Waals surface area contributed by atoms with Crippen LogP contribution in [0.15, 0.2) is 46.4 Å². The van der Waals surface area contributed by atoms with Crippen molar-refractivity contribution in [1.82, 2.24) is 19.1 Å². The molecule has 7 nitrogen and oxygen atoms in total. The summed E-state index contributed by atoms with van der Waals surface area (Å²) in [5.74, 6) is -1.26. The summed E-state index contributed by atoms with van der Waals surface area (Å²) in [6, 6.07) is 3.23. The fourth-order valence-corrected chi connectivity index (χ4v) is 2.53. The van der Waals surface area contributed by atoms with Crippen LogP contribution in [-0.4, -0.2) is 19.1 Å². The molecule has 0 N–H and O–H groups in total. The number of ether oxygens (including phenoxy) is 1. The Morgan fingerprint density at radius 3 is 2.50 bits per heavy atom. The minimum absolute atomic E-state index is 0.0297. The number of rotatable bonds is 3. The summed E-state index contributed by atoms with van der Waals surface area (Å²) < 4.78 is 59.0. The van der Waals surface area contributed by atoms with Crippen LogP contribution in [0.25, 0.3) is 5.69 Å². The quantitative estimate of drug-likeness (QED) is 0.613. The predicted molar refractivity (Wildman–Crippen MR) is 89.4 cm³/mol. The number of aromatic nitrogens is 4. The third kappa shape index (κ3) is 3.60. The summed E-state index contributed by atoms with van der Waals surface area (Å²) in [5.41, 5.74) is -4.86. The Kier molecular flexibility index (Phi) is 4.94. The van der Waals surface area contributed by atoms with Crippen molar-refractivity contribution in [2.24, 2.45) is 7.05 Å². The number of halogens is 5. The van der Waals surface area contributed by atoms with Gasteiger partial charge in [-0.2, -0.15) is 13.2 Å². The second kappa shape index (κ2) is 7.08. The highest BCUT2D eigenvalue weighted by molar-refractivity contribution is 6.32. The summed E-state index contributed by atoms with van der Waals surface area (Å²) in [6.07, 6.45) is -2.41. The van der Waals surface area contributed by atoms with Crippen LogP contribution in [0.5, 0.6) is 11.6 Å². The van der Waals surface area contributed by atoms with Gasteiger partial charge in [0.1, 0.15) is 23.6 Å². The standard InChI is InChI=1S/C16H9ClF4N4O3/c1-24-12(16(19,20)21)6-14(26)25(15(24)27)10-5-11(8(17)4-9(10)18)28-13-2-3-22-7-23-13/h2-7H,1H3. The van der Waals surface area contributed by atoms with Crippen LogP contribution in [0.2, 0.25) is 5.02 Å². The maximum Gasteiger partial charge on any atom is 0.431 e. The van der Waals surface area contributed by atoms with Gasteiger partial charge < -0.3 is 4.74 Å². The molecule has 0 amide bonds. The number of alkyl halides is 3. The first-order chi connectivity index (χ1) is 13.1. The zero-order valence-corrected chi connectivity index (χ0v) is 14.6. The Hall–Kier alpha value is -3.21. The third-order valence-corrected chi connectivity index (χ3v) is 3.92. The van der Waals surface area contributed by atoms with Crippen LogP contribution in [-0.2, 0) is 13.2 Å². The van der Waals surface area contributed by atoms with E-state index in [0.29, 0.717) is 0 Å². The van der Waals surface area contributed by atoms with E-state index in [4.69, 9.17) is 16.3 Å². The maximum absolute atomic E-state index is 14.4. The number of nitrogens with zero attached hydrogens (tertiary/aromatic N) is 4. The first-order valence-electron chi connectivity index (χ1n) is 7.43. The van der Waals surface area contributed by atoms with Gasteiger partial charge in [-0.15, -0.1) is 0 Å². The second-order valence-electron chi connectivity index (χ2n) is 5.43. The van der Waals surface area contributed by atoms with Gasteiger partial charge in [-0.3, -0.25) is 9.36 Å². The van der Waals surface area contributed by atoms with Crippen molar-refractivity contribution in [2.75, 3.05) is 0 Å². The van der Waals surface area contributed by atoms with E-state index >= 15 is 0 Å². The predicted octanol–water partition coefficient (Wildman–Crippen LogP) is 2.93. The number of benzene rings is 1. The molecular weight excluding hydrogens is 408 g/mol. The van der Waals surface area contributed by atoms with E-state index in [1.165, 1.54) is 18.6 Å². The lowest BCUT2D eigenvalue weighted by Gasteiger charge is -2.15. The van der Waals surface area contributed by atoms with Crippen molar-refractivity contribution in [3.63, 3.8) is 0 Å². The normalized spacial score (nSPS) is 11.5. The molecule has 3 rings (SSSR count). The van der Waals surface area contributed by atoms with E-state index in [1.807, 2.05) is 0 Å². The van der Waals surface area contributed by atoms with E-state index in [0.717, 1.165) is 19.2 Å². The zero-order valence-electron chi connectivity index (χ0n) is 13.9. The van der Waals surface area contributed by atoms with Crippen LogP contribution >= 0.6 is 11.6 Å². The molecule has 12 heteroatoms. The first kappa shape index (κ1) is 19.5. The molecule has 0 aliphatic rings. The molecule has 28 heavy (non-hydrogen) atoms. The average molecular weight is 417 g/mol. The lowest BCUT2D eigenvalue weighted by atomic mass is 10.2. The molecule has 0 aliphatic heterocycles. The van der Waals surface area contributed by atoms with Gasteiger partial charge in [-0.1, -0.05) is 11.6 Å². The smallest absolute Gasteiger partial charge is 0.431 e. The topological polar surface area (TPSA) is 79.0 Å². The Balaban J connectivity index is 2.20. The molecule has 0 fully saturated rings. The van der Waals surface area contributed by atoms with E-state index in [1.54, 1.807) is 0 Å². The minimum atomic E-state index is -4.94. The average Bonchev–Trinajstić information content (AvgIpc) is 2.61. The highest BCUT2D eigenvalue weighted by atomic mass is 35.5. The summed E-state index contributed by atoms with van der Waals surface area (Å²) in [5, 5.41) is -0.211. The van der Waals surface area contributed by atoms with Gasteiger partial charge in [0.2, 0.25) is 5.88 Å². The Labute approximate surface area is 158 Å². The molecule has 0 unspecified atom stereocenters. The highest BCUT2D eigenvalue weighted by Gasteiger charge is 2.35. The van der Waals surface area contributed by atoms with Gasteiger partial charge in [0.25, 0.3) is 5.56 Å². The van der Waals surface area contributed by atoms with E-state index < -0.39 is 34.6 Å². The Morgan fingerprint density at radius 1 is 1.18 bits per heavy atom. The monoisotopic (exact) mass is 416 g/mol. The fourth-order valence-electron chi connectivity index (χ4n) is 2.34. The Bertz CT molecular complexity index is 1160. The molecule has 0 spiro atoms. The van der Waals surface area contributed by atoms with Gasteiger partial charge in [0.05, 0.1) is 10.7 Å². The largest absolute Gasteiger partial charge is 0.437 e. The molecule has 1 aromatic carbocycles. The molecule has 2 heterocycles. The van der Waals surface area contributed by atoms with Crippen molar-refractivity contribution in [1.29, 1.82) is 0 Å². The number of hydrogen-bond acceptors (Lipinski definition) is 5. The lowest BCUT2D eigenvalue weighted by molar-refractivity contribution is -0.144. The second-order valence-corrected chi connectivity index (χ2v) is 5.83. The van der Waals surface area contributed by atoms with Crippen molar-refractivity contribution in [3.8, 4) is 17.3 Å². The third-order valence-electron chi connectivity index (χ3n) is 3.62. The van der Waals surface area contributed by atoms with Gasteiger partial charge in [-0.05, 0) is 6.07 Å². The molecule has 3 aromatic rings.